The summed E-state index contributed by atoms with van der Waals surface area (Å²) in [5.74, 6) is 0.906. The molecule has 2 aromatic carbocycles. The second-order valence-corrected chi connectivity index (χ2v) is 7.83. The molecule has 148 valence electrons. The number of aromatic nitrogens is 3. The van der Waals surface area contributed by atoms with Gasteiger partial charge >= 0.3 is 0 Å². The summed E-state index contributed by atoms with van der Waals surface area (Å²) in [6.07, 6.45) is 0. The Balaban J connectivity index is 1.37. The van der Waals surface area contributed by atoms with E-state index >= 15 is 0 Å². The van der Waals surface area contributed by atoms with Crippen LogP contribution in [0.3, 0.4) is 0 Å². The fraction of sp³-hybridized carbons (Fsp3) is 0.238. The van der Waals surface area contributed by atoms with Crippen LogP contribution >= 0.6 is 11.8 Å². The molecule has 4 rings (SSSR count). The van der Waals surface area contributed by atoms with Gasteiger partial charge in [-0.3, -0.25) is 14.2 Å². The number of hydrogen-bond donors (Lipinski definition) is 1. The van der Waals surface area contributed by atoms with Gasteiger partial charge < -0.3 is 10.2 Å². The number of Topliss-reactive ketones (excluding diaryl/α,β-unsaturated/α-hetero) is 1. The molecule has 0 aliphatic carbocycles. The SMILES string of the molecule is CC(=O)c1ccc(NC(=O)CSc2nnc3n2CCN3c2ccc(C)cc2)cc1. The summed E-state index contributed by atoms with van der Waals surface area (Å²) in [6, 6.07) is 15.2. The molecule has 0 atom stereocenters. The summed E-state index contributed by atoms with van der Waals surface area (Å²) in [5, 5.41) is 12.1. The summed E-state index contributed by atoms with van der Waals surface area (Å²) >= 11 is 1.36. The minimum Gasteiger partial charge on any atom is -0.325 e. The van der Waals surface area contributed by atoms with Crippen molar-refractivity contribution in [3.05, 3.63) is 59.7 Å². The number of benzene rings is 2. The van der Waals surface area contributed by atoms with E-state index in [4.69, 9.17) is 0 Å². The van der Waals surface area contributed by atoms with Crippen LogP contribution in [0.5, 0.6) is 0 Å². The van der Waals surface area contributed by atoms with Crippen molar-refractivity contribution in [2.24, 2.45) is 0 Å². The van der Waals surface area contributed by atoms with Crippen molar-refractivity contribution >= 4 is 40.8 Å². The molecule has 8 heteroatoms. The molecule has 0 unspecified atom stereocenters. The Kier molecular flexibility index (Phi) is 5.35. The predicted molar refractivity (Wildman–Crippen MR) is 114 cm³/mol. The first-order chi connectivity index (χ1) is 14.0. The molecule has 1 amide bonds. The number of carbonyl (C=O) groups is 2. The van der Waals surface area contributed by atoms with Crippen molar-refractivity contribution < 1.29 is 9.59 Å². The molecule has 7 nitrogen and oxygen atoms in total. The quantitative estimate of drug-likeness (QED) is 0.496. The van der Waals surface area contributed by atoms with Gasteiger partial charge in [0.2, 0.25) is 11.9 Å². The molecule has 2 heterocycles. The van der Waals surface area contributed by atoms with Gasteiger partial charge in [0.05, 0.1) is 5.75 Å². The third kappa shape index (κ3) is 4.17. The monoisotopic (exact) mass is 407 g/mol. The van der Waals surface area contributed by atoms with E-state index in [2.05, 4.69) is 51.6 Å². The van der Waals surface area contributed by atoms with E-state index in [0.29, 0.717) is 11.3 Å². The predicted octanol–water partition coefficient (Wildman–Crippen LogP) is 3.67. The van der Waals surface area contributed by atoms with Crippen LogP contribution in [-0.2, 0) is 11.3 Å². The number of nitrogens with one attached hydrogen (secondary N) is 1. The summed E-state index contributed by atoms with van der Waals surface area (Å²) in [4.78, 5) is 25.7. The van der Waals surface area contributed by atoms with Crippen LogP contribution < -0.4 is 10.2 Å². The van der Waals surface area contributed by atoms with E-state index in [1.54, 1.807) is 24.3 Å². The molecule has 1 N–H and O–H groups in total. The smallest absolute Gasteiger partial charge is 0.234 e. The molecule has 1 aromatic heterocycles. The molecule has 1 aliphatic rings. The molecule has 0 bridgehead atoms. The highest BCUT2D eigenvalue weighted by molar-refractivity contribution is 7.99. The zero-order valence-corrected chi connectivity index (χ0v) is 17.1. The van der Waals surface area contributed by atoms with E-state index in [1.165, 1.54) is 24.2 Å². The van der Waals surface area contributed by atoms with Crippen LogP contribution in [0, 0.1) is 6.92 Å². The van der Waals surface area contributed by atoms with Gasteiger partial charge in [-0.25, -0.2) is 0 Å². The van der Waals surface area contributed by atoms with Crippen molar-refractivity contribution in [2.45, 2.75) is 25.5 Å². The first-order valence-electron chi connectivity index (χ1n) is 9.32. The van der Waals surface area contributed by atoms with E-state index in [9.17, 15) is 9.59 Å². The van der Waals surface area contributed by atoms with Crippen molar-refractivity contribution in [3.8, 4) is 0 Å². The van der Waals surface area contributed by atoms with Gasteiger partial charge in [0, 0.05) is 30.0 Å². The van der Waals surface area contributed by atoms with Gasteiger partial charge in [-0.05, 0) is 50.2 Å². The molecule has 0 saturated carbocycles. The van der Waals surface area contributed by atoms with Crippen LogP contribution in [0.2, 0.25) is 0 Å². The fourth-order valence-electron chi connectivity index (χ4n) is 3.17. The molecule has 1 aliphatic heterocycles. The number of anilines is 3. The number of nitrogens with zero attached hydrogens (tertiary/aromatic N) is 4. The van der Waals surface area contributed by atoms with Gasteiger partial charge in [-0.15, -0.1) is 10.2 Å². The number of carbonyl (C=O) groups excluding carboxylic acids is 2. The molecular weight excluding hydrogens is 386 g/mol. The third-order valence-electron chi connectivity index (χ3n) is 4.74. The largest absolute Gasteiger partial charge is 0.325 e. The van der Waals surface area contributed by atoms with Crippen LogP contribution in [-0.4, -0.2) is 38.8 Å². The molecule has 0 spiro atoms. The van der Waals surface area contributed by atoms with Crippen molar-refractivity contribution in [1.29, 1.82) is 0 Å². The van der Waals surface area contributed by atoms with Gasteiger partial charge in [0.1, 0.15) is 0 Å². The minimum absolute atomic E-state index is 0.00113. The average molecular weight is 407 g/mol. The first-order valence-corrected chi connectivity index (χ1v) is 10.3. The number of thioether (sulfide) groups is 1. The fourth-order valence-corrected chi connectivity index (χ4v) is 3.93. The Morgan fingerprint density at radius 1 is 1.03 bits per heavy atom. The second kappa shape index (κ2) is 8.08. The number of fused-ring (bicyclic) bond motifs is 1. The topological polar surface area (TPSA) is 80.1 Å². The summed E-state index contributed by atoms with van der Waals surface area (Å²) in [7, 11) is 0. The Morgan fingerprint density at radius 2 is 1.76 bits per heavy atom. The second-order valence-electron chi connectivity index (χ2n) is 6.89. The molecule has 0 saturated heterocycles. The lowest BCUT2D eigenvalue weighted by Gasteiger charge is -2.15. The normalized spacial score (nSPS) is 12.7. The highest BCUT2D eigenvalue weighted by Gasteiger charge is 2.26. The zero-order chi connectivity index (χ0) is 20.4. The number of ketones is 1. The Labute approximate surface area is 173 Å². The maximum Gasteiger partial charge on any atom is 0.234 e. The maximum absolute atomic E-state index is 12.3. The number of hydrogen-bond acceptors (Lipinski definition) is 6. The molecule has 3 aromatic rings. The molecule has 0 radical (unpaired) electrons. The summed E-state index contributed by atoms with van der Waals surface area (Å²) < 4.78 is 2.04. The van der Waals surface area contributed by atoms with E-state index < -0.39 is 0 Å². The Bertz CT molecular complexity index is 1040. The van der Waals surface area contributed by atoms with E-state index in [1.807, 2.05) is 4.57 Å². The lowest BCUT2D eigenvalue weighted by molar-refractivity contribution is -0.113. The standard InChI is InChI=1S/C21H21N5O2S/c1-14-3-9-18(10-4-14)25-11-12-26-20(25)23-24-21(26)29-13-19(28)22-17-7-5-16(6-8-17)15(2)27/h3-10H,11-13H2,1-2H3,(H,22,28). The van der Waals surface area contributed by atoms with Crippen LogP contribution in [0.25, 0.3) is 0 Å². The third-order valence-corrected chi connectivity index (χ3v) is 5.71. The highest BCUT2D eigenvalue weighted by Crippen LogP contribution is 2.32. The average Bonchev–Trinajstić information content (AvgIpc) is 3.30. The maximum atomic E-state index is 12.3. The summed E-state index contributed by atoms with van der Waals surface area (Å²) in [5.41, 5.74) is 3.59. The number of amides is 1. The van der Waals surface area contributed by atoms with Gasteiger partial charge in [0.25, 0.3) is 0 Å². The van der Waals surface area contributed by atoms with Crippen molar-refractivity contribution in [1.82, 2.24) is 14.8 Å². The van der Waals surface area contributed by atoms with Gasteiger partial charge in [-0.1, -0.05) is 29.5 Å². The van der Waals surface area contributed by atoms with E-state index in [0.717, 1.165) is 29.9 Å². The minimum atomic E-state index is -0.128. The van der Waals surface area contributed by atoms with Crippen LogP contribution in [0.4, 0.5) is 17.3 Å². The van der Waals surface area contributed by atoms with Crippen molar-refractivity contribution in [3.63, 3.8) is 0 Å². The van der Waals surface area contributed by atoms with Crippen molar-refractivity contribution in [2.75, 3.05) is 22.5 Å². The molecule has 29 heavy (non-hydrogen) atoms. The lowest BCUT2D eigenvalue weighted by atomic mass is 10.1. The first kappa shape index (κ1) is 19.2. The molecule has 0 fully saturated rings. The zero-order valence-electron chi connectivity index (χ0n) is 16.3. The van der Waals surface area contributed by atoms with Gasteiger partial charge in [0.15, 0.2) is 10.9 Å². The Hall–Kier alpha value is -3.13. The Morgan fingerprint density at radius 3 is 2.45 bits per heavy atom. The number of aryl methyl sites for hydroxylation is 1. The van der Waals surface area contributed by atoms with Crippen LogP contribution in [0.15, 0.2) is 53.7 Å². The lowest BCUT2D eigenvalue weighted by Crippen LogP contribution is -2.15. The van der Waals surface area contributed by atoms with E-state index in [-0.39, 0.29) is 17.4 Å². The highest BCUT2D eigenvalue weighted by atomic mass is 32.2. The van der Waals surface area contributed by atoms with Gasteiger partial charge in [-0.2, -0.15) is 0 Å². The van der Waals surface area contributed by atoms with Crippen LogP contribution in [0.1, 0.15) is 22.8 Å². The summed E-state index contributed by atoms with van der Waals surface area (Å²) in [6.45, 7) is 5.19. The number of rotatable bonds is 6. The molecular formula is C21H21N5O2S.